The maximum absolute atomic E-state index is 12.2. The van der Waals surface area contributed by atoms with Gasteiger partial charge < -0.3 is 9.64 Å². The molecule has 0 amide bonds. The number of rotatable bonds is 9. The van der Waals surface area contributed by atoms with Crippen molar-refractivity contribution in [2.75, 3.05) is 51.3 Å². The number of nitrogens with zero attached hydrogens (tertiary/aromatic N) is 2. The van der Waals surface area contributed by atoms with Crippen LogP contribution in [-0.2, 0) is 15.8 Å². The number of methoxy groups -OCH3 is 1. The summed E-state index contributed by atoms with van der Waals surface area (Å²) < 4.78 is 32.5. The van der Waals surface area contributed by atoms with Crippen molar-refractivity contribution in [3.05, 3.63) is 60.2 Å². The van der Waals surface area contributed by atoms with Crippen molar-refractivity contribution >= 4 is 15.7 Å². The van der Waals surface area contributed by atoms with E-state index >= 15 is 0 Å². The van der Waals surface area contributed by atoms with E-state index in [0.717, 1.165) is 56.1 Å². The Labute approximate surface area is 168 Å². The summed E-state index contributed by atoms with van der Waals surface area (Å²) in [6.45, 7) is 5.19. The predicted octanol–water partition coefficient (Wildman–Crippen LogP) is 2.33. The summed E-state index contributed by atoms with van der Waals surface area (Å²) in [6.07, 6.45) is 0.808. The molecule has 1 saturated heterocycles. The highest BCUT2D eigenvalue weighted by atomic mass is 32.2. The smallest absolute Gasteiger partial charge is 0.215 e. The summed E-state index contributed by atoms with van der Waals surface area (Å²) in [7, 11) is -1.58. The molecule has 0 aliphatic carbocycles. The van der Waals surface area contributed by atoms with E-state index in [9.17, 15) is 8.42 Å². The Hall–Kier alpha value is -2.09. The summed E-state index contributed by atoms with van der Waals surface area (Å²) in [5, 5.41) is 0. The minimum absolute atomic E-state index is 0.0332. The topological polar surface area (TPSA) is 61.9 Å². The molecule has 1 fully saturated rings. The van der Waals surface area contributed by atoms with Gasteiger partial charge in [-0.2, -0.15) is 0 Å². The van der Waals surface area contributed by atoms with Gasteiger partial charge in [0.1, 0.15) is 5.75 Å². The first-order valence-corrected chi connectivity index (χ1v) is 11.3. The van der Waals surface area contributed by atoms with Crippen LogP contribution in [-0.4, -0.2) is 59.7 Å². The lowest BCUT2D eigenvalue weighted by molar-refractivity contribution is 0.254. The van der Waals surface area contributed by atoms with Crippen LogP contribution < -0.4 is 14.4 Å². The van der Waals surface area contributed by atoms with Crippen molar-refractivity contribution in [3.63, 3.8) is 0 Å². The summed E-state index contributed by atoms with van der Waals surface area (Å²) in [6, 6.07) is 17.4. The molecule has 0 saturated carbocycles. The molecule has 1 aliphatic rings. The maximum Gasteiger partial charge on any atom is 0.215 e. The zero-order valence-electron chi connectivity index (χ0n) is 16.4. The van der Waals surface area contributed by atoms with E-state index in [1.165, 1.54) is 0 Å². The van der Waals surface area contributed by atoms with E-state index in [2.05, 4.69) is 20.6 Å². The number of benzene rings is 2. The van der Waals surface area contributed by atoms with Crippen LogP contribution >= 0.6 is 0 Å². The van der Waals surface area contributed by atoms with Gasteiger partial charge in [0.15, 0.2) is 0 Å². The molecule has 6 nitrogen and oxygen atoms in total. The molecule has 0 atom stereocenters. The van der Waals surface area contributed by atoms with Gasteiger partial charge in [-0.3, -0.25) is 4.90 Å². The quantitative estimate of drug-likeness (QED) is 0.651. The Kier molecular flexibility index (Phi) is 7.30. The first kappa shape index (κ1) is 20.6. The van der Waals surface area contributed by atoms with Gasteiger partial charge in [0.2, 0.25) is 10.0 Å². The Balaban J connectivity index is 1.38. The molecule has 2 aromatic rings. The van der Waals surface area contributed by atoms with Gasteiger partial charge in [0.05, 0.1) is 18.6 Å². The van der Waals surface area contributed by atoms with Crippen molar-refractivity contribution in [2.45, 2.75) is 12.2 Å². The van der Waals surface area contributed by atoms with Gasteiger partial charge in [0, 0.05) is 32.7 Å². The van der Waals surface area contributed by atoms with E-state index in [1.807, 2.05) is 48.5 Å². The molecule has 7 heteroatoms. The normalized spacial score (nSPS) is 15.5. The van der Waals surface area contributed by atoms with E-state index in [4.69, 9.17) is 4.74 Å². The zero-order valence-corrected chi connectivity index (χ0v) is 17.2. The Morgan fingerprint density at radius 2 is 1.64 bits per heavy atom. The number of piperazine rings is 1. The fourth-order valence-electron chi connectivity index (χ4n) is 3.48. The van der Waals surface area contributed by atoms with Crippen molar-refractivity contribution in [1.29, 1.82) is 0 Å². The van der Waals surface area contributed by atoms with Crippen LogP contribution in [0.5, 0.6) is 5.75 Å². The molecule has 0 bridgehead atoms. The fourth-order valence-corrected chi connectivity index (χ4v) is 4.67. The Morgan fingerprint density at radius 3 is 2.36 bits per heavy atom. The van der Waals surface area contributed by atoms with Crippen molar-refractivity contribution in [3.8, 4) is 5.75 Å². The molecule has 0 radical (unpaired) electrons. The van der Waals surface area contributed by atoms with E-state index in [0.29, 0.717) is 6.54 Å². The molecule has 152 valence electrons. The first-order valence-electron chi connectivity index (χ1n) is 9.69. The van der Waals surface area contributed by atoms with Gasteiger partial charge in [-0.15, -0.1) is 0 Å². The van der Waals surface area contributed by atoms with Gasteiger partial charge >= 0.3 is 0 Å². The van der Waals surface area contributed by atoms with Crippen LogP contribution in [0.2, 0.25) is 0 Å². The lowest BCUT2D eigenvalue weighted by atomic mass is 10.2. The second kappa shape index (κ2) is 9.91. The van der Waals surface area contributed by atoms with Gasteiger partial charge in [-0.05, 0) is 30.7 Å². The van der Waals surface area contributed by atoms with Crippen LogP contribution in [0.1, 0.15) is 12.0 Å². The van der Waals surface area contributed by atoms with Gasteiger partial charge in [-0.25, -0.2) is 13.1 Å². The molecule has 1 N–H and O–H groups in total. The number of ether oxygens (including phenoxy) is 1. The van der Waals surface area contributed by atoms with Crippen LogP contribution in [0.15, 0.2) is 54.6 Å². The molecule has 1 aliphatic heterocycles. The van der Waals surface area contributed by atoms with E-state index in [1.54, 1.807) is 7.11 Å². The maximum atomic E-state index is 12.2. The molecule has 0 unspecified atom stereocenters. The van der Waals surface area contributed by atoms with Gasteiger partial charge in [0.25, 0.3) is 0 Å². The Morgan fingerprint density at radius 1 is 0.964 bits per heavy atom. The second-order valence-corrected chi connectivity index (χ2v) is 8.80. The average Bonchev–Trinajstić information content (AvgIpc) is 2.72. The second-order valence-electron chi connectivity index (χ2n) is 6.99. The third-order valence-electron chi connectivity index (χ3n) is 4.97. The molecule has 0 aromatic heterocycles. The van der Waals surface area contributed by atoms with Crippen LogP contribution in [0, 0.1) is 0 Å². The lowest BCUT2D eigenvalue weighted by Crippen LogP contribution is -2.47. The van der Waals surface area contributed by atoms with Crippen LogP contribution in [0.25, 0.3) is 0 Å². The standard InChI is InChI=1S/C21H29N3O3S/c1-27-21-11-6-5-10-20(21)24-16-14-23(15-17-24)13-7-12-22-28(25,26)18-19-8-3-2-4-9-19/h2-6,8-11,22H,7,12-18H2,1H3. The SMILES string of the molecule is COc1ccccc1N1CCN(CCCNS(=O)(=O)Cc2ccccc2)CC1. The molecule has 2 aromatic carbocycles. The van der Waals surface area contributed by atoms with Crippen molar-refractivity contribution in [2.24, 2.45) is 0 Å². The molecule has 28 heavy (non-hydrogen) atoms. The molecular formula is C21H29N3O3S. The predicted molar refractivity (Wildman–Crippen MR) is 113 cm³/mol. The largest absolute Gasteiger partial charge is 0.495 e. The summed E-state index contributed by atoms with van der Waals surface area (Å²) >= 11 is 0. The van der Waals surface area contributed by atoms with Crippen LogP contribution in [0.4, 0.5) is 5.69 Å². The monoisotopic (exact) mass is 403 g/mol. The highest BCUT2D eigenvalue weighted by Crippen LogP contribution is 2.28. The van der Waals surface area contributed by atoms with Crippen molar-refractivity contribution < 1.29 is 13.2 Å². The number of hydrogen-bond acceptors (Lipinski definition) is 5. The Bertz CT molecular complexity index is 835. The lowest BCUT2D eigenvalue weighted by Gasteiger charge is -2.36. The average molecular weight is 404 g/mol. The van der Waals surface area contributed by atoms with E-state index in [-0.39, 0.29) is 5.75 Å². The molecule has 3 rings (SSSR count). The van der Waals surface area contributed by atoms with Crippen LogP contribution in [0.3, 0.4) is 0 Å². The molecule has 1 heterocycles. The highest BCUT2D eigenvalue weighted by Gasteiger charge is 2.19. The summed E-state index contributed by atoms with van der Waals surface area (Å²) in [4.78, 5) is 4.73. The summed E-state index contributed by atoms with van der Waals surface area (Å²) in [5.74, 6) is 0.939. The number of nitrogens with one attached hydrogen (secondary N) is 1. The van der Waals surface area contributed by atoms with E-state index < -0.39 is 10.0 Å². The fraction of sp³-hybridized carbons (Fsp3) is 0.429. The number of para-hydroxylation sites is 2. The zero-order chi connectivity index (χ0) is 19.8. The number of hydrogen-bond donors (Lipinski definition) is 1. The minimum atomic E-state index is -3.28. The number of anilines is 1. The first-order chi connectivity index (χ1) is 13.6. The number of sulfonamides is 1. The van der Waals surface area contributed by atoms with Crippen molar-refractivity contribution in [1.82, 2.24) is 9.62 Å². The molecular weight excluding hydrogens is 374 g/mol. The highest BCUT2D eigenvalue weighted by molar-refractivity contribution is 7.88. The third-order valence-corrected chi connectivity index (χ3v) is 6.33. The third kappa shape index (κ3) is 5.95. The minimum Gasteiger partial charge on any atom is -0.495 e. The molecule has 0 spiro atoms. The van der Waals surface area contributed by atoms with Gasteiger partial charge in [-0.1, -0.05) is 42.5 Å². The summed E-state index contributed by atoms with van der Waals surface area (Å²) in [5.41, 5.74) is 1.95.